The maximum atomic E-state index is 14.5. The highest BCUT2D eigenvalue weighted by atomic mass is 79.9. The van der Waals surface area contributed by atoms with Crippen molar-refractivity contribution in [3.8, 4) is 6.07 Å². The first-order valence-electron chi connectivity index (χ1n) is 11.5. The van der Waals surface area contributed by atoms with Crippen molar-refractivity contribution in [2.45, 2.75) is 25.5 Å². The highest BCUT2D eigenvalue weighted by molar-refractivity contribution is 9.10. The van der Waals surface area contributed by atoms with Crippen molar-refractivity contribution < 1.29 is 19.1 Å². The summed E-state index contributed by atoms with van der Waals surface area (Å²) in [7, 11) is 0. The summed E-state index contributed by atoms with van der Waals surface area (Å²) in [6.07, 6.45) is 0. The molecular formula is C29H22BrN3O4. The van der Waals surface area contributed by atoms with E-state index in [2.05, 4.69) is 22.0 Å². The van der Waals surface area contributed by atoms with Gasteiger partial charge in [0.25, 0.3) is 0 Å². The van der Waals surface area contributed by atoms with E-state index < -0.39 is 17.3 Å². The van der Waals surface area contributed by atoms with E-state index in [0.717, 1.165) is 15.6 Å². The number of carbonyl (C=O) groups excluding carboxylic acids is 2. The van der Waals surface area contributed by atoms with E-state index in [0.29, 0.717) is 11.3 Å². The van der Waals surface area contributed by atoms with Crippen LogP contribution >= 0.6 is 15.9 Å². The van der Waals surface area contributed by atoms with Crippen LogP contribution in [0.1, 0.15) is 23.6 Å². The average molecular weight is 556 g/mol. The number of nitrogens with two attached hydrogens (primary N) is 1. The Morgan fingerprint density at radius 1 is 1.08 bits per heavy atom. The molecule has 3 aromatic rings. The minimum Gasteiger partial charge on any atom is -0.457 e. The average Bonchev–Trinajstić information content (AvgIpc) is 3.12. The van der Waals surface area contributed by atoms with Crippen molar-refractivity contribution in [3.63, 3.8) is 0 Å². The monoisotopic (exact) mass is 555 g/mol. The van der Waals surface area contributed by atoms with E-state index >= 15 is 0 Å². The first-order valence-corrected chi connectivity index (χ1v) is 12.3. The number of hydrogen-bond acceptors (Lipinski definition) is 6. The summed E-state index contributed by atoms with van der Waals surface area (Å²) in [5.74, 6) is -1.33. The van der Waals surface area contributed by atoms with Gasteiger partial charge in [-0.25, -0.2) is 4.79 Å². The molecule has 1 atom stereocenters. The molecule has 2 heterocycles. The van der Waals surface area contributed by atoms with Crippen LogP contribution in [0.3, 0.4) is 0 Å². The third-order valence-corrected chi connectivity index (χ3v) is 7.03. The quantitative estimate of drug-likeness (QED) is 0.445. The standard InChI is InChI=1S/C29H22BrN3O4/c1-18-25(27(34)36-17-19-8-3-2-4-9-19)29(23(15-31)26(32)37-18)22-12-5-6-13-24(22)33(28(29)35)16-20-10-7-11-21(30)14-20/h2-14H,16-17,32H2,1H3/t29-/m1/s1. The van der Waals surface area contributed by atoms with E-state index in [4.69, 9.17) is 15.2 Å². The first kappa shape index (κ1) is 24.3. The predicted octanol–water partition coefficient (Wildman–Crippen LogP) is 4.98. The summed E-state index contributed by atoms with van der Waals surface area (Å²) in [6.45, 7) is 1.77. The van der Waals surface area contributed by atoms with Gasteiger partial charge in [-0.2, -0.15) is 5.26 Å². The van der Waals surface area contributed by atoms with Gasteiger partial charge in [-0.1, -0.05) is 76.6 Å². The summed E-state index contributed by atoms with van der Waals surface area (Å²) >= 11 is 3.47. The first-order chi connectivity index (χ1) is 17.9. The Kier molecular flexibility index (Phi) is 6.32. The zero-order chi connectivity index (χ0) is 26.2. The number of halogens is 1. The lowest BCUT2D eigenvalue weighted by Gasteiger charge is -2.34. The van der Waals surface area contributed by atoms with Gasteiger partial charge in [0.15, 0.2) is 5.41 Å². The van der Waals surface area contributed by atoms with Crippen molar-refractivity contribution in [2.75, 3.05) is 4.90 Å². The highest BCUT2D eigenvalue weighted by Crippen LogP contribution is 2.54. The van der Waals surface area contributed by atoms with E-state index in [1.165, 1.54) is 0 Å². The van der Waals surface area contributed by atoms with Crippen molar-refractivity contribution in [2.24, 2.45) is 5.73 Å². The molecule has 0 saturated heterocycles. The second kappa shape index (κ2) is 9.60. The summed E-state index contributed by atoms with van der Waals surface area (Å²) in [5, 5.41) is 10.2. The summed E-state index contributed by atoms with van der Waals surface area (Å²) < 4.78 is 12.2. The minimum absolute atomic E-state index is 0.00872. The summed E-state index contributed by atoms with van der Waals surface area (Å²) in [4.78, 5) is 29.7. The molecule has 7 nitrogen and oxygen atoms in total. The molecule has 37 heavy (non-hydrogen) atoms. The van der Waals surface area contributed by atoms with Gasteiger partial charge in [-0.3, -0.25) is 4.79 Å². The third-order valence-electron chi connectivity index (χ3n) is 6.53. The second-order valence-corrected chi connectivity index (χ2v) is 9.65. The topological polar surface area (TPSA) is 106 Å². The van der Waals surface area contributed by atoms with Gasteiger partial charge in [0.05, 0.1) is 6.54 Å². The number of esters is 1. The number of hydrogen-bond donors (Lipinski definition) is 1. The number of anilines is 1. The summed E-state index contributed by atoms with van der Waals surface area (Å²) in [5.41, 5.74) is 6.89. The number of fused-ring (bicyclic) bond motifs is 2. The molecule has 1 amide bonds. The third kappa shape index (κ3) is 3.98. The normalized spacial score (nSPS) is 18.5. The molecule has 0 aliphatic carbocycles. The largest absolute Gasteiger partial charge is 0.457 e. The fourth-order valence-electron chi connectivity index (χ4n) is 4.98. The number of carbonyl (C=O) groups is 2. The number of nitrogens with zero attached hydrogens (tertiary/aromatic N) is 2. The Labute approximate surface area is 222 Å². The Morgan fingerprint density at radius 2 is 1.78 bits per heavy atom. The van der Waals surface area contributed by atoms with Crippen molar-refractivity contribution in [3.05, 3.63) is 123 Å². The SMILES string of the molecule is CC1=C(C(=O)OCc2ccccc2)[C@]2(C(=O)N(Cc3cccc(Br)c3)c3ccccc32)C(C#N)=C(N)O1. The van der Waals surface area contributed by atoms with E-state index in [1.807, 2.05) is 60.7 Å². The van der Waals surface area contributed by atoms with Crippen LogP contribution in [0.2, 0.25) is 0 Å². The molecule has 1 spiro atoms. The molecule has 0 fully saturated rings. The molecule has 0 aromatic heterocycles. The maximum Gasteiger partial charge on any atom is 0.339 e. The molecule has 0 unspecified atom stereocenters. The lowest BCUT2D eigenvalue weighted by Crippen LogP contribution is -2.48. The zero-order valence-electron chi connectivity index (χ0n) is 19.9. The van der Waals surface area contributed by atoms with Crippen LogP contribution in [0.25, 0.3) is 0 Å². The molecule has 2 aliphatic heterocycles. The van der Waals surface area contributed by atoms with Crippen LogP contribution in [0.5, 0.6) is 0 Å². The Balaban J connectivity index is 1.65. The van der Waals surface area contributed by atoms with Crippen LogP contribution in [0.4, 0.5) is 5.69 Å². The van der Waals surface area contributed by atoms with Gasteiger partial charge in [-0.15, -0.1) is 0 Å². The lowest BCUT2D eigenvalue weighted by atomic mass is 9.68. The molecule has 0 radical (unpaired) electrons. The maximum absolute atomic E-state index is 14.5. The van der Waals surface area contributed by atoms with Crippen molar-refractivity contribution in [1.82, 2.24) is 0 Å². The molecular weight excluding hydrogens is 534 g/mol. The van der Waals surface area contributed by atoms with Crippen molar-refractivity contribution in [1.29, 1.82) is 5.26 Å². The van der Waals surface area contributed by atoms with Gasteiger partial charge in [0.1, 0.15) is 29.6 Å². The predicted molar refractivity (Wildman–Crippen MR) is 140 cm³/mol. The van der Waals surface area contributed by atoms with Crippen LogP contribution in [0.15, 0.2) is 106 Å². The van der Waals surface area contributed by atoms with Crippen LogP contribution in [-0.4, -0.2) is 11.9 Å². The number of para-hydroxylation sites is 1. The molecule has 5 rings (SSSR count). The number of allylic oxidation sites excluding steroid dienone is 1. The number of amides is 1. The van der Waals surface area contributed by atoms with Crippen LogP contribution in [-0.2, 0) is 37.6 Å². The number of nitriles is 1. The lowest BCUT2D eigenvalue weighted by molar-refractivity contribution is -0.142. The van der Waals surface area contributed by atoms with Gasteiger partial charge in [0, 0.05) is 15.7 Å². The smallest absolute Gasteiger partial charge is 0.339 e. The zero-order valence-corrected chi connectivity index (χ0v) is 21.5. The molecule has 2 N–H and O–H groups in total. The van der Waals surface area contributed by atoms with Gasteiger partial charge < -0.3 is 20.1 Å². The highest BCUT2D eigenvalue weighted by Gasteiger charge is 2.62. The van der Waals surface area contributed by atoms with E-state index in [1.54, 1.807) is 30.0 Å². The molecule has 184 valence electrons. The van der Waals surface area contributed by atoms with E-state index in [9.17, 15) is 14.9 Å². The fraction of sp³-hybridized carbons (Fsp3) is 0.138. The molecule has 0 bridgehead atoms. The molecule has 8 heteroatoms. The number of ether oxygens (including phenoxy) is 2. The fourth-order valence-corrected chi connectivity index (χ4v) is 5.43. The van der Waals surface area contributed by atoms with E-state index in [-0.39, 0.29) is 35.9 Å². The van der Waals surface area contributed by atoms with Crippen LogP contribution < -0.4 is 10.6 Å². The summed E-state index contributed by atoms with van der Waals surface area (Å²) in [6, 6.07) is 26.0. The molecule has 2 aliphatic rings. The van der Waals surface area contributed by atoms with Crippen molar-refractivity contribution >= 4 is 33.5 Å². The van der Waals surface area contributed by atoms with Gasteiger partial charge in [0.2, 0.25) is 11.8 Å². The molecule has 3 aromatic carbocycles. The Morgan fingerprint density at radius 3 is 2.51 bits per heavy atom. The van der Waals surface area contributed by atoms with Gasteiger partial charge in [-0.05, 0) is 36.2 Å². The van der Waals surface area contributed by atoms with Gasteiger partial charge >= 0.3 is 5.97 Å². The van der Waals surface area contributed by atoms with Crippen LogP contribution in [0, 0.1) is 11.3 Å². The second-order valence-electron chi connectivity index (χ2n) is 8.73. The number of benzene rings is 3. The molecule has 0 saturated carbocycles. The Bertz CT molecular complexity index is 1520. The minimum atomic E-state index is -1.79. The Hall–Kier alpha value is -4.35. The number of rotatable bonds is 5.